The molecule has 6 heteroatoms. The van der Waals surface area contributed by atoms with E-state index >= 15 is 0 Å². The van der Waals surface area contributed by atoms with Crippen LogP contribution in [-0.4, -0.2) is 37.2 Å². The molecule has 0 aliphatic rings. The summed E-state index contributed by atoms with van der Waals surface area (Å²) in [6.07, 6.45) is 1.58. The molecule has 2 heterocycles. The smallest absolute Gasteiger partial charge is 0.262 e. The lowest BCUT2D eigenvalue weighted by Gasteiger charge is -2.30. The van der Waals surface area contributed by atoms with Crippen molar-refractivity contribution in [2.24, 2.45) is 5.92 Å². The molecular weight excluding hydrogens is 314 g/mol. The van der Waals surface area contributed by atoms with Crippen molar-refractivity contribution in [2.75, 3.05) is 6.54 Å². The minimum Gasteiger partial charge on any atom is -0.309 e. The van der Waals surface area contributed by atoms with Crippen molar-refractivity contribution >= 4 is 11.0 Å². The van der Waals surface area contributed by atoms with Gasteiger partial charge in [0.05, 0.1) is 18.4 Å². The van der Waals surface area contributed by atoms with Gasteiger partial charge in [-0.25, -0.2) is 9.67 Å². The molecule has 0 spiro atoms. The van der Waals surface area contributed by atoms with Gasteiger partial charge in [0, 0.05) is 6.04 Å². The van der Waals surface area contributed by atoms with Gasteiger partial charge in [-0.2, -0.15) is 5.10 Å². The van der Waals surface area contributed by atoms with E-state index < -0.39 is 0 Å². The first kappa shape index (κ1) is 17.4. The second-order valence-corrected chi connectivity index (χ2v) is 6.69. The molecule has 0 amide bonds. The highest BCUT2D eigenvalue weighted by Crippen LogP contribution is 2.16. The van der Waals surface area contributed by atoms with E-state index in [0.29, 0.717) is 35.4 Å². The molecule has 3 aromatic rings. The highest BCUT2D eigenvalue weighted by atomic mass is 16.1. The molecule has 0 fully saturated rings. The molecule has 0 aliphatic heterocycles. The Balaban J connectivity index is 2.02. The van der Waals surface area contributed by atoms with E-state index in [1.165, 1.54) is 0 Å². The van der Waals surface area contributed by atoms with Crippen LogP contribution in [0.25, 0.3) is 16.7 Å². The molecule has 0 radical (unpaired) electrons. The molecule has 0 bridgehead atoms. The number of fused-ring (bicyclic) bond motifs is 1. The molecule has 1 unspecified atom stereocenters. The molecular formula is C19H25N5O. The number of hydrogen-bond acceptors (Lipinski definition) is 4. The van der Waals surface area contributed by atoms with E-state index in [-0.39, 0.29) is 5.56 Å². The van der Waals surface area contributed by atoms with E-state index in [1.807, 2.05) is 30.3 Å². The number of para-hydroxylation sites is 1. The van der Waals surface area contributed by atoms with Gasteiger partial charge in [0.1, 0.15) is 11.2 Å². The summed E-state index contributed by atoms with van der Waals surface area (Å²) in [7, 11) is 0. The number of aromatic nitrogens is 4. The molecule has 3 rings (SSSR count). The maximum absolute atomic E-state index is 12.5. The average molecular weight is 339 g/mol. The van der Waals surface area contributed by atoms with Crippen LogP contribution in [0, 0.1) is 5.92 Å². The largest absolute Gasteiger partial charge is 0.309 e. The summed E-state index contributed by atoms with van der Waals surface area (Å²) in [6, 6.07) is 10.2. The van der Waals surface area contributed by atoms with Crippen LogP contribution < -0.4 is 5.56 Å². The normalized spacial score (nSPS) is 13.0. The quantitative estimate of drug-likeness (QED) is 0.750. The van der Waals surface area contributed by atoms with Gasteiger partial charge in [0.25, 0.3) is 5.56 Å². The van der Waals surface area contributed by atoms with E-state index in [1.54, 1.807) is 10.9 Å². The maximum atomic E-state index is 12.5. The summed E-state index contributed by atoms with van der Waals surface area (Å²) in [6.45, 7) is 10.3. The Morgan fingerprint density at radius 2 is 1.92 bits per heavy atom. The lowest BCUT2D eigenvalue weighted by Crippen LogP contribution is -2.37. The zero-order chi connectivity index (χ0) is 18.0. The van der Waals surface area contributed by atoms with E-state index in [2.05, 4.69) is 42.7 Å². The molecule has 0 aliphatic carbocycles. The molecule has 2 aromatic heterocycles. The van der Waals surface area contributed by atoms with Gasteiger partial charge in [-0.3, -0.25) is 9.69 Å². The fourth-order valence-electron chi connectivity index (χ4n) is 2.95. The summed E-state index contributed by atoms with van der Waals surface area (Å²) in [4.78, 5) is 22.4. The Hall–Kier alpha value is -2.47. The second kappa shape index (κ2) is 7.19. The topological polar surface area (TPSA) is 66.8 Å². The molecule has 1 aromatic carbocycles. The van der Waals surface area contributed by atoms with E-state index in [4.69, 9.17) is 4.98 Å². The van der Waals surface area contributed by atoms with Gasteiger partial charge in [-0.15, -0.1) is 0 Å². The summed E-state index contributed by atoms with van der Waals surface area (Å²) >= 11 is 0. The van der Waals surface area contributed by atoms with Crippen molar-refractivity contribution in [1.82, 2.24) is 24.6 Å². The Kier molecular flexibility index (Phi) is 4.99. The number of benzene rings is 1. The van der Waals surface area contributed by atoms with Crippen LogP contribution in [0.5, 0.6) is 0 Å². The van der Waals surface area contributed by atoms with Crippen molar-refractivity contribution in [3.05, 3.63) is 52.7 Å². The lowest BCUT2D eigenvalue weighted by molar-refractivity contribution is 0.165. The minimum absolute atomic E-state index is 0.143. The van der Waals surface area contributed by atoms with Crippen molar-refractivity contribution in [3.63, 3.8) is 0 Å². The van der Waals surface area contributed by atoms with Crippen LogP contribution in [-0.2, 0) is 6.54 Å². The van der Waals surface area contributed by atoms with Crippen molar-refractivity contribution in [2.45, 2.75) is 40.3 Å². The lowest BCUT2D eigenvalue weighted by atomic mass is 10.0. The molecule has 132 valence electrons. The highest BCUT2D eigenvalue weighted by Gasteiger charge is 2.18. The zero-order valence-corrected chi connectivity index (χ0v) is 15.2. The number of aromatic amines is 1. The zero-order valence-electron chi connectivity index (χ0n) is 15.2. The van der Waals surface area contributed by atoms with Crippen LogP contribution in [0.1, 0.15) is 33.5 Å². The monoisotopic (exact) mass is 339 g/mol. The van der Waals surface area contributed by atoms with Crippen molar-refractivity contribution < 1.29 is 0 Å². The molecule has 6 nitrogen and oxygen atoms in total. The number of rotatable bonds is 6. The van der Waals surface area contributed by atoms with E-state index in [9.17, 15) is 4.79 Å². The Morgan fingerprint density at radius 1 is 1.20 bits per heavy atom. The molecule has 0 saturated carbocycles. The van der Waals surface area contributed by atoms with Crippen LogP contribution in [0.15, 0.2) is 41.3 Å². The van der Waals surface area contributed by atoms with E-state index in [0.717, 1.165) is 12.2 Å². The number of hydrogen-bond donors (Lipinski definition) is 1. The second-order valence-electron chi connectivity index (χ2n) is 6.69. The third kappa shape index (κ3) is 3.49. The van der Waals surface area contributed by atoms with Crippen LogP contribution >= 0.6 is 0 Å². The summed E-state index contributed by atoms with van der Waals surface area (Å²) in [5.74, 6) is 1.20. The first-order valence-electron chi connectivity index (χ1n) is 8.77. The fraction of sp³-hybridized carbons (Fsp3) is 0.421. The molecule has 1 N–H and O–H groups in total. The van der Waals surface area contributed by atoms with Crippen molar-refractivity contribution in [3.8, 4) is 5.69 Å². The third-order valence-corrected chi connectivity index (χ3v) is 4.79. The van der Waals surface area contributed by atoms with Gasteiger partial charge in [0.2, 0.25) is 0 Å². The third-order valence-electron chi connectivity index (χ3n) is 4.79. The van der Waals surface area contributed by atoms with Gasteiger partial charge in [-0.1, -0.05) is 39.0 Å². The standard InChI is InChI=1S/C19H25N5O/c1-5-23(14(4)13(2)3)12-17-21-18-16(19(25)22-17)11-20-24(18)15-9-7-6-8-10-15/h6-11,13-14H,5,12H2,1-4H3,(H,21,22,25). The predicted octanol–water partition coefficient (Wildman–Crippen LogP) is 2.98. The van der Waals surface area contributed by atoms with Gasteiger partial charge >= 0.3 is 0 Å². The van der Waals surface area contributed by atoms with Crippen molar-refractivity contribution in [1.29, 1.82) is 0 Å². The molecule has 0 saturated heterocycles. The first-order valence-corrected chi connectivity index (χ1v) is 8.77. The van der Waals surface area contributed by atoms with Crippen LogP contribution in [0.3, 0.4) is 0 Å². The molecule has 1 atom stereocenters. The number of nitrogens with one attached hydrogen (secondary N) is 1. The number of H-pyrrole nitrogens is 1. The minimum atomic E-state index is -0.143. The van der Waals surface area contributed by atoms with Gasteiger partial charge in [0.15, 0.2) is 5.65 Å². The average Bonchev–Trinajstić information content (AvgIpc) is 3.04. The summed E-state index contributed by atoms with van der Waals surface area (Å²) in [5.41, 5.74) is 1.35. The first-order chi connectivity index (χ1) is 12.0. The Morgan fingerprint density at radius 3 is 2.56 bits per heavy atom. The van der Waals surface area contributed by atoms with Gasteiger partial charge in [-0.05, 0) is 31.5 Å². The molecule has 25 heavy (non-hydrogen) atoms. The predicted molar refractivity (Wildman–Crippen MR) is 99.9 cm³/mol. The summed E-state index contributed by atoms with van der Waals surface area (Å²) in [5, 5.41) is 4.86. The Bertz CT molecular complexity index is 897. The summed E-state index contributed by atoms with van der Waals surface area (Å²) < 4.78 is 1.72. The van der Waals surface area contributed by atoms with Crippen LogP contribution in [0.2, 0.25) is 0 Å². The highest BCUT2D eigenvalue weighted by molar-refractivity contribution is 5.75. The number of nitrogens with zero attached hydrogens (tertiary/aromatic N) is 4. The fourth-order valence-corrected chi connectivity index (χ4v) is 2.95. The maximum Gasteiger partial charge on any atom is 0.262 e. The van der Waals surface area contributed by atoms with Crippen LogP contribution in [0.4, 0.5) is 0 Å². The van der Waals surface area contributed by atoms with Gasteiger partial charge < -0.3 is 4.98 Å². The Labute approximate surface area is 147 Å². The SMILES string of the molecule is CCN(Cc1nc2c(cnn2-c2ccccc2)c(=O)[nH]1)C(C)C(C)C.